The molecular formula is C20H21ClN2O3. The van der Waals surface area contributed by atoms with Crippen LogP contribution in [0.25, 0.3) is 6.08 Å². The smallest absolute Gasteiger partial charge is 0.276 e. The molecule has 5 nitrogen and oxygen atoms in total. The predicted molar refractivity (Wildman–Crippen MR) is 103 cm³/mol. The molecule has 0 spiro atoms. The molecule has 0 aromatic heterocycles. The number of benzene rings is 2. The molecule has 0 aliphatic heterocycles. The van der Waals surface area contributed by atoms with Crippen LogP contribution >= 0.6 is 11.6 Å². The summed E-state index contributed by atoms with van der Waals surface area (Å²) in [6, 6.07) is 14.7. The van der Waals surface area contributed by atoms with Crippen LogP contribution in [-0.4, -0.2) is 18.4 Å². The maximum atomic E-state index is 11.8. The van der Waals surface area contributed by atoms with Crippen LogP contribution in [0.4, 0.5) is 0 Å². The number of carbonyl (C=O) groups is 2. The van der Waals surface area contributed by atoms with Crippen molar-refractivity contribution >= 4 is 29.5 Å². The lowest BCUT2D eigenvalue weighted by molar-refractivity contribution is -0.128. The van der Waals surface area contributed by atoms with E-state index in [9.17, 15) is 9.59 Å². The van der Waals surface area contributed by atoms with E-state index in [1.807, 2.05) is 44.2 Å². The Bertz CT molecular complexity index is 803. The molecule has 2 aromatic rings. The molecule has 0 aliphatic rings. The zero-order valence-corrected chi connectivity index (χ0v) is 15.4. The molecule has 2 amide bonds. The SMILES string of the molecule is CC(C)c1ccccc1OCC(=O)NNC(=O)/C=C/c1ccccc1Cl. The van der Waals surface area contributed by atoms with Crippen molar-refractivity contribution in [1.82, 2.24) is 10.9 Å². The van der Waals surface area contributed by atoms with Crippen LogP contribution in [0, 0.1) is 0 Å². The van der Waals surface area contributed by atoms with Crippen LogP contribution in [0.3, 0.4) is 0 Å². The third-order valence-electron chi connectivity index (χ3n) is 3.54. The summed E-state index contributed by atoms with van der Waals surface area (Å²) in [5.74, 6) is 0.00964. The Morgan fingerprint density at radius 1 is 1.08 bits per heavy atom. The van der Waals surface area contributed by atoms with Crippen molar-refractivity contribution in [2.45, 2.75) is 19.8 Å². The summed E-state index contributed by atoms with van der Waals surface area (Å²) in [6.45, 7) is 3.90. The first-order valence-electron chi connectivity index (χ1n) is 8.20. The number of hydrogen-bond acceptors (Lipinski definition) is 3. The van der Waals surface area contributed by atoms with Crippen LogP contribution in [0.1, 0.15) is 30.9 Å². The van der Waals surface area contributed by atoms with Crippen LogP contribution in [0.2, 0.25) is 5.02 Å². The monoisotopic (exact) mass is 372 g/mol. The van der Waals surface area contributed by atoms with E-state index in [4.69, 9.17) is 16.3 Å². The Morgan fingerprint density at radius 3 is 2.50 bits per heavy atom. The van der Waals surface area contributed by atoms with Crippen molar-refractivity contribution in [3.63, 3.8) is 0 Å². The lowest BCUT2D eigenvalue weighted by Crippen LogP contribution is -2.43. The fourth-order valence-corrected chi connectivity index (χ4v) is 2.42. The highest BCUT2D eigenvalue weighted by molar-refractivity contribution is 6.32. The van der Waals surface area contributed by atoms with Crippen LogP contribution in [-0.2, 0) is 9.59 Å². The van der Waals surface area contributed by atoms with E-state index in [0.29, 0.717) is 16.3 Å². The minimum Gasteiger partial charge on any atom is -0.483 e. The largest absolute Gasteiger partial charge is 0.483 e. The molecule has 0 bridgehead atoms. The van der Waals surface area contributed by atoms with Crippen LogP contribution in [0.15, 0.2) is 54.6 Å². The Morgan fingerprint density at radius 2 is 1.77 bits per heavy atom. The highest BCUT2D eigenvalue weighted by atomic mass is 35.5. The van der Waals surface area contributed by atoms with Crippen molar-refractivity contribution in [2.75, 3.05) is 6.61 Å². The Labute approximate surface area is 158 Å². The molecule has 6 heteroatoms. The molecule has 2 rings (SSSR count). The van der Waals surface area contributed by atoms with Crippen molar-refractivity contribution < 1.29 is 14.3 Å². The molecule has 2 aromatic carbocycles. The molecule has 136 valence electrons. The highest BCUT2D eigenvalue weighted by Crippen LogP contribution is 2.25. The summed E-state index contributed by atoms with van der Waals surface area (Å²) >= 11 is 6.00. The first kappa shape index (κ1) is 19.5. The van der Waals surface area contributed by atoms with E-state index in [1.165, 1.54) is 6.08 Å². The van der Waals surface area contributed by atoms with Gasteiger partial charge in [-0.15, -0.1) is 0 Å². The summed E-state index contributed by atoms with van der Waals surface area (Å²) in [6.07, 6.45) is 2.86. The van der Waals surface area contributed by atoms with Gasteiger partial charge in [0.1, 0.15) is 5.75 Å². The second-order valence-electron chi connectivity index (χ2n) is 5.87. The summed E-state index contributed by atoms with van der Waals surface area (Å²) in [5.41, 5.74) is 6.33. The fourth-order valence-electron chi connectivity index (χ4n) is 2.22. The van der Waals surface area contributed by atoms with Gasteiger partial charge in [-0.25, -0.2) is 0 Å². The Balaban J connectivity index is 1.80. The number of halogens is 1. The van der Waals surface area contributed by atoms with Gasteiger partial charge in [0.05, 0.1) is 0 Å². The van der Waals surface area contributed by atoms with Crippen LogP contribution < -0.4 is 15.6 Å². The molecule has 0 saturated carbocycles. The van der Waals surface area contributed by atoms with Crippen molar-refractivity contribution in [1.29, 1.82) is 0 Å². The maximum Gasteiger partial charge on any atom is 0.276 e. The lowest BCUT2D eigenvalue weighted by Gasteiger charge is -2.13. The zero-order valence-electron chi connectivity index (χ0n) is 14.7. The first-order chi connectivity index (χ1) is 12.5. The number of nitrogens with one attached hydrogen (secondary N) is 2. The van der Waals surface area contributed by atoms with Gasteiger partial charge in [0.15, 0.2) is 6.61 Å². The highest BCUT2D eigenvalue weighted by Gasteiger charge is 2.09. The summed E-state index contributed by atoms with van der Waals surface area (Å²) in [5, 5.41) is 0.540. The summed E-state index contributed by atoms with van der Waals surface area (Å²) < 4.78 is 5.54. The van der Waals surface area contributed by atoms with Gasteiger partial charge in [0, 0.05) is 11.1 Å². The van der Waals surface area contributed by atoms with Gasteiger partial charge in [-0.05, 0) is 35.3 Å². The maximum absolute atomic E-state index is 11.8. The van der Waals surface area contributed by atoms with Crippen molar-refractivity contribution in [3.05, 3.63) is 70.8 Å². The average Bonchev–Trinajstić information content (AvgIpc) is 2.64. The quantitative estimate of drug-likeness (QED) is 0.600. The molecule has 0 fully saturated rings. The van der Waals surface area contributed by atoms with E-state index < -0.39 is 11.8 Å². The Kier molecular flexibility index (Phi) is 7.24. The molecule has 26 heavy (non-hydrogen) atoms. The van der Waals surface area contributed by atoms with E-state index in [1.54, 1.807) is 24.3 Å². The van der Waals surface area contributed by atoms with Gasteiger partial charge >= 0.3 is 0 Å². The normalized spacial score (nSPS) is 10.8. The zero-order chi connectivity index (χ0) is 18.9. The number of hydrogen-bond donors (Lipinski definition) is 2. The summed E-state index contributed by atoms with van der Waals surface area (Å²) in [7, 11) is 0. The molecule has 0 aliphatic carbocycles. The molecule has 0 unspecified atom stereocenters. The molecule has 2 N–H and O–H groups in total. The van der Waals surface area contributed by atoms with E-state index in [-0.39, 0.29) is 12.5 Å². The topological polar surface area (TPSA) is 67.4 Å². The number of rotatable bonds is 6. The number of amides is 2. The fraction of sp³-hybridized carbons (Fsp3) is 0.200. The minimum atomic E-state index is -0.471. The van der Waals surface area contributed by atoms with E-state index in [0.717, 1.165) is 5.56 Å². The number of carbonyl (C=O) groups excluding carboxylic acids is 2. The number of para-hydroxylation sites is 1. The molecule has 0 heterocycles. The molecule has 0 radical (unpaired) electrons. The molecular weight excluding hydrogens is 352 g/mol. The van der Waals surface area contributed by atoms with Gasteiger partial charge in [0.25, 0.3) is 11.8 Å². The minimum absolute atomic E-state index is 0.196. The van der Waals surface area contributed by atoms with Gasteiger partial charge in [0.2, 0.25) is 0 Å². The molecule has 0 saturated heterocycles. The number of ether oxygens (including phenoxy) is 1. The third kappa shape index (κ3) is 5.93. The second kappa shape index (κ2) is 9.63. The Hall–Kier alpha value is -2.79. The van der Waals surface area contributed by atoms with Crippen LogP contribution in [0.5, 0.6) is 5.75 Å². The number of hydrazine groups is 1. The standard InChI is InChI=1S/C20H21ClN2O3/c1-14(2)16-8-4-6-10-18(16)26-13-20(25)23-22-19(24)12-11-15-7-3-5-9-17(15)21/h3-12,14H,13H2,1-2H3,(H,22,24)(H,23,25)/b12-11+. The van der Waals surface area contributed by atoms with Gasteiger partial charge in [-0.2, -0.15) is 0 Å². The predicted octanol–water partition coefficient (Wildman–Crippen LogP) is 3.70. The average molecular weight is 373 g/mol. The van der Waals surface area contributed by atoms with Gasteiger partial charge < -0.3 is 4.74 Å². The lowest BCUT2D eigenvalue weighted by atomic mass is 10.0. The van der Waals surface area contributed by atoms with E-state index in [2.05, 4.69) is 10.9 Å². The second-order valence-corrected chi connectivity index (χ2v) is 6.28. The third-order valence-corrected chi connectivity index (χ3v) is 3.89. The van der Waals surface area contributed by atoms with E-state index >= 15 is 0 Å². The first-order valence-corrected chi connectivity index (χ1v) is 8.58. The van der Waals surface area contributed by atoms with Gasteiger partial charge in [-0.3, -0.25) is 20.4 Å². The van der Waals surface area contributed by atoms with Gasteiger partial charge in [-0.1, -0.05) is 61.8 Å². The molecule has 0 atom stereocenters. The van der Waals surface area contributed by atoms with Crippen molar-refractivity contribution in [2.24, 2.45) is 0 Å². The summed E-state index contributed by atoms with van der Waals surface area (Å²) in [4.78, 5) is 23.6. The van der Waals surface area contributed by atoms with Crippen molar-refractivity contribution in [3.8, 4) is 5.75 Å².